The number of para-hydroxylation sites is 1. The quantitative estimate of drug-likeness (QED) is 0.799. The van der Waals surface area contributed by atoms with Gasteiger partial charge in [-0.05, 0) is 31.2 Å². The van der Waals surface area contributed by atoms with Crippen LogP contribution in [0, 0.1) is 17.6 Å². The molecule has 8 heteroatoms. The topological polar surface area (TPSA) is 75.7 Å². The number of hydrogen-bond donors (Lipinski definition) is 1. The van der Waals surface area contributed by atoms with Crippen LogP contribution in [0.15, 0.2) is 42.5 Å². The smallest absolute Gasteiger partial charge is 0.340 e. The molecule has 2 aromatic rings. The zero-order valence-corrected chi connectivity index (χ0v) is 15.1. The van der Waals surface area contributed by atoms with Gasteiger partial charge in [-0.3, -0.25) is 9.59 Å². The number of nitrogens with zero attached hydrogens (tertiary/aromatic N) is 1. The Morgan fingerprint density at radius 1 is 1.18 bits per heavy atom. The Morgan fingerprint density at radius 3 is 2.64 bits per heavy atom. The number of halogens is 2. The van der Waals surface area contributed by atoms with Gasteiger partial charge in [0.1, 0.15) is 0 Å². The van der Waals surface area contributed by atoms with Crippen molar-refractivity contribution in [3.05, 3.63) is 59.7 Å². The molecule has 0 aliphatic carbocycles. The Kier molecular flexibility index (Phi) is 5.67. The Labute approximate surface area is 160 Å². The largest absolute Gasteiger partial charge is 0.462 e. The highest BCUT2D eigenvalue weighted by molar-refractivity contribution is 6.06. The van der Waals surface area contributed by atoms with Gasteiger partial charge in [-0.25, -0.2) is 13.6 Å². The summed E-state index contributed by atoms with van der Waals surface area (Å²) in [6, 6.07) is 9.53. The fraction of sp³-hybridized carbons (Fsp3) is 0.250. The molecule has 6 nitrogen and oxygen atoms in total. The lowest BCUT2D eigenvalue weighted by atomic mass is 10.1. The highest BCUT2D eigenvalue weighted by Crippen LogP contribution is 2.28. The Balaban J connectivity index is 1.73. The summed E-state index contributed by atoms with van der Waals surface area (Å²) >= 11 is 0. The summed E-state index contributed by atoms with van der Waals surface area (Å²) in [5.41, 5.74) is 0.676. The van der Waals surface area contributed by atoms with Crippen LogP contribution in [0.4, 0.5) is 20.2 Å². The number of nitrogens with one attached hydrogen (secondary N) is 1. The number of esters is 1. The molecule has 0 radical (unpaired) electrons. The minimum Gasteiger partial charge on any atom is -0.462 e. The fourth-order valence-electron chi connectivity index (χ4n) is 3.00. The van der Waals surface area contributed by atoms with E-state index in [2.05, 4.69) is 5.32 Å². The normalized spacial score (nSPS) is 16.2. The molecule has 0 spiro atoms. The van der Waals surface area contributed by atoms with Crippen molar-refractivity contribution in [1.29, 1.82) is 0 Å². The summed E-state index contributed by atoms with van der Waals surface area (Å²) in [5, 5.41) is 2.65. The van der Waals surface area contributed by atoms with Crippen LogP contribution in [-0.4, -0.2) is 30.9 Å². The molecule has 1 unspecified atom stereocenters. The van der Waals surface area contributed by atoms with Crippen molar-refractivity contribution in [3.8, 4) is 0 Å². The van der Waals surface area contributed by atoms with Gasteiger partial charge < -0.3 is 15.0 Å². The van der Waals surface area contributed by atoms with E-state index in [1.165, 1.54) is 17.0 Å². The van der Waals surface area contributed by atoms with Gasteiger partial charge in [-0.1, -0.05) is 12.1 Å². The summed E-state index contributed by atoms with van der Waals surface area (Å²) in [6.07, 6.45) is -0.0770. The van der Waals surface area contributed by atoms with Crippen LogP contribution in [0.2, 0.25) is 0 Å². The second-order valence-corrected chi connectivity index (χ2v) is 6.26. The van der Waals surface area contributed by atoms with E-state index >= 15 is 0 Å². The summed E-state index contributed by atoms with van der Waals surface area (Å²) < 4.78 is 31.5. The molecule has 1 N–H and O–H groups in total. The molecule has 1 heterocycles. The summed E-state index contributed by atoms with van der Waals surface area (Å²) in [7, 11) is 0. The van der Waals surface area contributed by atoms with Crippen molar-refractivity contribution in [3.63, 3.8) is 0 Å². The van der Waals surface area contributed by atoms with E-state index in [1.807, 2.05) is 0 Å². The molecule has 1 saturated heterocycles. The molecule has 0 aromatic heterocycles. The zero-order chi connectivity index (χ0) is 20.3. The predicted octanol–water partition coefficient (Wildman–Crippen LogP) is 3.13. The number of carbonyl (C=O) groups excluding carboxylic acids is 3. The molecule has 0 saturated carbocycles. The van der Waals surface area contributed by atoms with E-state index in [-0.39, 0.29) is 42.4 Å². The van der Waals surface area contributed by atoms with E-state index in [9.17, 15) is 23.2 Å². The van der Waals surface area contributed by atoms with Gasteiger partial charge in [0.05, 0.1) is 23.8 Å². The molecular formula is C20H18F2N2O4. The summed E-state index contributed by atoms with van der Waals surface area (Å²) in [5.74, 6) is -4.16. The maximum atomic E-state index is 13.4. The lowest BCUT2D eigenvalue weighted by Gasteiger charge is -2.17. The molecule has 1 fully saturated rings. The zero-order valence-electron chi connectivity index (χ0n) is 15.1. The maximum Gasteiger partial charge on any atom is 0.340 e. The van der Waals surface area contributed by atoms with Crippen molar-refractivity contribution < 1.29 is 27.9 Å². The fourth-order valence-corrected chi connectivity index (χ4v) is 3.00. The average Bonchev–Trinajstić information content (AvgIpc) is 3.06. The molecule has 0 bridgehead atoms. The minimum absolute atomic E-state index is 0.0251. The number of anilines is 2. The summed E-state index contributed by atoms with van der Waals surface area (Å²) in [6.45, 7) is 1.90. The van der Waals surface area contributed by atoms with Crippen molar-refractivity contribution in [2.75, 3.05) is 23.4 Å². The van der Waals surface area contributed by atoms with E-state index in [4.69, 9.17) is 4.74 Å². The van der Waals surface area contributed by atoms with Crippen molar-refractivity contribution in [1.82, 2.24) is 0 Å². The van der Waals surface area contributed by atoms with Crippen LogP contribution in [0.5, 0.6) is 0 Å². The number of carbonyl (C=O) groups is 3. The molecule has 1 atom stereocenters. The van der Waals surface area contributed by atoms with E-state index in [0.717, 1.165) is 12.1 Å². The second kappa shape index (κ2) is 8.16. The standard InChI is InChI=1S/C20H18F2N2O4/c1-2-28-20(27)14-5-3-4-6-17(14)23-19(26)12-9-18(25)24(11-12)13-7-8-15(21)16(22)10-13/h3-8,10,12H,2,9,11H2,1H3,(H,23,26). The molecule has 1 aliphatic heterocycles. The van der Waals surface area contributed by atoms with Crippen LogP contribution < -0.4 is 10.2 Å². The average molecular weight is 388 g/mol. The van der Waals surface area contributed by atoms with Crippen LogP contribution in [-0.2, 0) is 14.3 Å². The molecule has 28 heavy (non-hydrogen) atoms. The van der Waals surface area contributed by atoms with Gasteiger partial charge in [-0.15, -0.1) is 0 Å². The molecule has 1 aliphatic rings. The molecular weight excluding hydrogens is 370 g/mol. The van der Waals surface area contributed by atoms with Crippen LogP contribution in [0.1, 0.15) is 23.7 Å². The lowest BCUT2D eigenvalue weighted by Crippen LogP contribution is -2.28. The molecule has 2 amide bonds. The first-order valence-corrected chi connectivity index (χ1v) is 8.73. The highest BCUT2D eigenvalue weighted by Gasteiger charge is 2.35. The number of hydrogen-bond acceptors (Lipinski definition) is 4. The molecule has 146 valence electrons. The SMILES string of the molecule is CCOC(=O)c1ccccc1NC(=O)C1CC(=O)N(c2ccc(F)c(F)c2)C1. The second-order valence-electron chi connectivity index (χ2n) is 6.26. The van der Waals surface area contributed by atoms with Gasteiger partial charge in [-0.2, -0.15) is 0 Å². The maximum absolute atomic E-state index is 13.4. The first-order valence-electron chi connectivity index (χ1n) is 8.73. The van der Waals surface area contributed by atoms with E-state index < -0.39 is 29.4 Å². The third-order valence-corrected chi connectivity index (χ3v) is 4.39. The van der Waals surface area contributed by atoms with E-state index in [0.29, 0.717) is 0 Å². The lowest BCUT2D eigenvalue weighted by molar-refractivity contribution is -0.122. The third-order valence-electron chi connectivity index (χ3n) is 4.39. The Morgan fingerprint density at radius 2 is 1.93 bits per heavy atom. The van der Waals surface area contributed by atoms with Crippen LogP contribution >= 0.6 is 0 Å². The van der Waals surface area contributed by atoms with E-state index in [1.54, 1.807) is 25.1 Å². The number of rotatable bonds is 5. The van der Waals surface area contributed by atoms with Gasteiger partial charge in [0.25, 0.3) is 0 Å². The number of ether oxygens (including phenoxy) is 1. The van der Waals surface area contributed by atoms with Gasteiger partial charge in [0.15, 0.2) is 11.6 Å². The van der Waals surface area contributed by atoms with Crippen LogP contribution in [0.3, 0.4) is 0 Å². The number of benzene rings is 2. The Hall–Kier alpha value is -3.29. The van der Waals surface area contributed by atoms with Crippen LogP contribution in [0.25, 0.3) is 0 Å². The summed E-state index contributed by atoms with van der Waals surface area (Å²) in [4.78, 5) is 38.1. The monoisotopic (exact) mass is 388 g/mol. The predicted molar refractivity (Wildman–Crippen MR) is 97.8 cm³/mol. The van der Waals surface area contributed by atoms with Crippen molar-refractivity contribution in [2.24, 2.45) is 5.92 Å². The van der Waals surface area contributed by atoms with Crippen molar-refractivity contribution >= 4 is 29.2 Å². The van der Waals surface area contributed by atoms with Gasteiger partial charge in [0, 0.05) is 24.7 Å². The van der Waals surface area contributed by atoms with Gasteiger partial charge in [0.2, 0.25) is 11.8 Å². The first-order chi connectivity index (χ1) is 13.4. The van der Waals surface area contributed by atoms with Gasteiger partial charge >= 0.3 is 5.97 Å². The minimum atomic E-state index is -1.07. The van der Waals surface area contributed by atoms with Crippen molar-refractivity contribution in [2.45, 2.75) is 13.3 Å². The first kappa shape index (κ1) is 19.5. The third kappa shape index (κ3) is 4.00. The number of amides is 2. The molecule has 2 aromatic carbocycles. The Bertz CT molecular complexity index is 932. The highest BCUT2D eigenvalue weighted by atomic mass is 19.2. The molecule has 3 rings (SSSR count).